The Balaban J connectivity index is 1.86. The Morgan fingerprint density at radius 3 is 2.55 bits per heavy atom. The van der Waals surface area contributed by atoms with Crippen LogP contribution in [0.4, 0.5) is 0 Å². The second-order valence-corrected chi connectivity index (χ2v) is 11.3. The number of benzene rings is 1. The van der Waals surface area contributed by atoms with Crippen LogP contribution in [0, 0.1) is 0 Å². The minimum atomic E-state index is -3.58. The van der Waals surface area contributed by atoms with Crippen molar-refractivity contribution in [3.8, 4) is 11.4 Å². The quantitative estimate of drug-likeness (QED) is 0.474. The SMILES string of the molecule is CC[C@H](C)n1c(SCC(=O)NC2CCCC2)nnc1-c1cccc(S(=O)(=O)N(CC)CC)c1. The maximum atomic E-state index is 13.0. The lowest BCUT2D eigenvalue weighted by Gasteiger charge is -2.19. The molecular weight excluding hydrogens is 458 g/mol. The Labute approximate surface area is 201 Å². The fourth-order valence-electron chi connectivity index (χ4n) is 4.13. The summed E-state index contributed by atoms with van der Waals surface area (Å²) in [6, 6.07) is 7.26. The standard InChI is InChI=1S/C23H35N5O3S2/c1-5-17(4)28-22(18-11-10-14-20(15-18)33(30,31)27(6-2)7-3)25-26-23(28)32-16-21(29)24-19-12-8-9-13-19/h10-11,14-15,17,19H,5-9,12-13,16H2,1-4H3,(H,24,29)/t17-/m0/s1. The lowest BCUT2D eigenvalue weighted by molar-refractivity contribution is -0.119. The molecule has 0 aliphatic heterocycles. The molecule has 1 amide bonds. The molecule has 0 radical (unpaired) electrons. The van der Waals surface area contributed by atoms with E-state index >= 15 is 0 Å². The Morgan fingerprint density at radius 1 is 1.21 bits per heavy atom. The Bertz CT molecular complexity index is 1040. The van der Waals surface area contributed by atoms with Crippen molar-refractivity contribution in [2.24, 2.45) is 0 Å². The first-order valence-electron chi connectivity index (χ1n) is 11.8. The van der Waals surface area contributed by atoms with Gasteiger partial charge < -0.3 is 5.32 Å². The average molecular weight is 494 g/mol. The van der Waals surface area contributed by atoms with Gasteiger partial charge in [-0.3, -0.25) is 9.36 Å². The van der Waals surface area contributed by atoms with Gasteiger partial charge in [-0.1, -0.05) is 57.5 Å². The molecule has 10 heteroatoms. The monoisotopic (exact) mass is 493 g/mol. The second kappa shape index (κ2) is 11.5. The number of carbonyl (C=O) groups is 1. The van der Waals surface area contributed by atoms with Gasteiger partial charge in [-0.15, -0.1) is 10.2 Å². The lowest BCUT2D eigenvalue weighted by Crippen LogP contribution is -2.33. The van der Waals surface area contributed by atoms with Gasteiger partial charge in [0.05, 0.1) is 10.6 Å². The van der Waals surface area contributed by atoms with E-state index in [1.54, 1.807) is 18.2 Å². The molecule has 3 rings (SSSR count). The Kier molecular flexibility index (Phi) is 8.95. The maximum absolute atomic E-state index is 13.0. The van der Waals surface area contributed by atoms with Crippen molar-refractivity contribution in [1.82, 2.24) is 24.4 Å². The molecule has 0 saturated heterocycles. The van der Waals surface area contributed by atoms with Gasteiger partial charge in [-0.05, 0) is 38.3 Å². The van der Waals surface area contributed by atoms with Crippen LogP contribution in [0.2, 0.25) is 0 Å². The highest BCUT2D eigenvalue weighted by molar-refractivity contribution is 7.99. The molecule has 1 aromatic heterocycles. The smallest absolute Gasteiger partial charge is 0.243 e. The highest BCUT2D eigenvalue weighted by Crippen LogP contribution is 2.30. The first-order chi connectivity index (χ1) is 15.8. The van der Waals surface area contributed by atoms with E-state index in [1.165, 1.54) is 28.9 Å². The van der Waals surface area contributed by atoms with Gasteiger partial charge in [0.15, 0.2) is 11.0 Å². The van der Waals surface area contributed by atoms with E-state index in [1.807, 2.05) is 24.5 Å². The summed E-state index contributed by atoms with van der Waals surface area (Å²) < 4.78 is 29.5. The van der Waals surface area contributed by atoms with Crippen molar-refractivity contribution in [2.45, 2.75) is 81.9 Å². The van der Waals surface area contributed by atoms with Gasteiger partial charge in [0.1, 0.15) is 0 Å². The summed E-state index contributed by atoms with van der Waals surface area (Å²) in [7, 11) is -3.58. The van der Waals surface area contributed by atoms with Gasteiger partial charge in [0, 0.05) is 30.7 Å². The first-order valence-corrected chi connectivity index (χ1v) is 14.2. The third-order valence-electron chi connectivity index (χ3n) is 6.18. The topological polar surface area (TPSA) is 97.2 Å². The summed E-state index contributed by atoms with van der Waals surface area (Å²) in [6.45, 7) is 8.64. The summed E-state index contributed by atoms with van der Waals surface area (Å²) in [4.78, 5) is 12.7. The number of nitrogens with one attached hydrogen (secondary N) is 1. The zero-order valence-electron chi connectivity index (χ0n) is 20.0. The first kappa shape index (κ1) is 25.7. The fourth-order valence-corrected chi connectivity index (χ4v) is 6.48. The minimum Gasteiger partial charge on any atom is -0.353 e. The molecule has 2 aromatic rings. The number of nitrogens with zero attached hydrogens (tertiary/aromatic N) is 4. The van der Waals surface area contributed by atoms with Gasteiger partial charge in [-0.2, -0.15) is 4.31 Å². The van der Waals surface area contributed by atoms with Gasteiger partial charge >= 0.3 is 0 Å². The van der Waals surface area contributed by atoms with Crippen LogP contribution in [0.25, 0.3) is 11.4 Å². The number of aromatic nitrogens is 3. The van der Waals surface area contributed by atoms with Crippen molar-refractivity contribution >= 4 is 27.7 Å². The number of carbonyl (C=O) groups excluding carboxylic acids is 1. The van der Waals surface area contributed by atoms with E-state index in [9.17, 15) is 13.2 Å². The van der Waals surface area contributed by atoms with Crippen LogP contribution in [0.15, 0.2) is 34.3 Å². The molecule has 1 aliphatic carbocycles. The van der Waals surface area contributed by atoms with Crippen LogP contribution in [0.3, 0.4) is 0 Å². The Hall–Kier alpha value is -1.91. The predicted molar refractivity (Wildman–Crippen MR) is 132 cm³/mol. The number of hydrogen-bond acceptors (Lipinski definition) is 6. The lowest BCUT2D eigenvalue weighted by atomic mass is 10.2. The number of sulfonamides is 1. The van der Waals surface area contributed by atoms with E-state index in [4.69, 9.17) is 0 Å². The normalized spacial score (nSPS) is 15.8. The molecule has 182 valence electrons. The van der Waals surface area contributed by atoms with Gasteiger partial charge in [0.25, 0.3) is 0 Å². The number of hydrogen-bond donors (Lipinski definition) is 1. The van der Waals surface area contributed by atoms with Gasteiger partial charge in [-0.25, -0.2) is 8.42 Å². The molecule has 1 aliphatic rings. The van der Waals surface area contributed by atoms with E-state index in [0.717, 1.165) is 19.3 Å². The van der Waals surface area contributed by atoms with Crippen LogP contribution in [-0.4, -0.2) is 58.3 Å². The van der Waals surface area contributed by atoms with Crippen LogP contribution in [0.5, 0.6) is 0 Å². The van der Waals surface area contributed by atoms with Crippen molar-refractivity contribution < 1.29 is 13.2 Å². The third-order valence-corrected chi connectivity index (χ3v) is 9.17. The summed E-state index contributed by atoms with van der Waals surface area (Å²) in [5.41, 5.74) is 0.693. The highest BCUT2D eigenvalue weighted by Gasteiger charge is 2.25. The molecule has 1 atom stereocenters. The highest BCUT2D eigenvalue weighted by atomic mass is 32.2. The molecule has 1 N–H and O–H groups in total. The molecule has 1 fully saturated rings. The molecule has 1 aromatic carbocycles. The zero-order valence-corrected chi connectivity index (χ0v) is 21.6. The summed E-state index contributed by atoms with van der Waals surface area (Å²) in [5, 5.41) is 12.5. The number of thioether (sulfide) groups is 1. The third kappa shape index (κ3) is 5.96. The van der Waals surface area contributed by atoms with E-state index in [2.05, 4.69) is 29.4 Å². The molecule has 1 saturated carbocycles. The predicted octanol–water partition coefficient (Wildman–Crippen LogP) is 4.10. The van der Waals surface area contributed by atoms with E-state index < -0.39 is 10.0 Å². The number of amides is 1. The summed E-state index contributed by atoms with van der Waals surface area (Å²) >= 11 is 1.37. The molecule has 0 bridgehead atoms. The summed E-state index contributed by atoms with van der Waals surface area (Å²) in [5.74, 6) is 0.903. The maximum Gasteiger partial charge on any atom is 0.243 e. The molecule has 1 heterocycles. The molecule has 0 spiro atoms. The van der Waals surface area contributed by atoms with Crippen LogP contribution in [-0.2, 0) is 14.8 Å². The van der Waals surface area contributed by atoms with Crippen LogP contribution >= 0.6 is 11.8 Å². The largest absolute Gasteiger partial charge is 0.353 e. The summed E-state index contributed by atoms with van der Waals surface area (Å²) in [6.07, 6.45) is 5.30. The van der Waals surface area contributed by atoms with Crippen LogP contribution < -0.4 is 5.32 Å². The average Bonchev–Trinajstić information content (AvgIpc) is 3.47. The Morgan fingerprint density at radius 2 is 1.91 bits per heavy atom. The molecule has 8 nitrogen and oxygen atoms in total. The molecular formula is C23H35N5O3S2. The molecule has 33 heavy (non-hydrogen) atoms. The van der Waals surface area contributed by atoms with Crippen molar-refractivity contribution in [2.75, 3.05) is 18.8 Å². The van der Waals surface area contributed by atoms with E-state index in [0.29, 0.717) is 29.6 Å². The fraction of sp³-hybridized carbons (Fsp3) is 0.609. The van der Waals surface area contributed by atoms with Gasteiger partial charge in [0.2, 0.25) is 15.9 Å². The van der Waals surface area contributed by atoms with E-state index in [-0.39, 0.29) is 28.6 Å². The minimum absolute atomic E-state index is 0.0134. The molecule has 0 unspecified atom stereocenters. The zero-order chi connectivity index (χ0) is 24.0. The van der Waals surface area contributed by atoms with Crippen LogP contribution in [0.1, 0.15) is 65.8 Å². The second-order valence-electron chi connectivity index (χ2n) is 8.39. The number of rotatable bonds is 11. The van der Waals surface area contributed by atoms with Crippen molar-refractivity contribution in [3.05, 3.63) is 24.3 Å². The van der Waals surface area contributed by atoms with Crippen molar-refractivity contribution in [3.63, 3.8) is 0 Å². The van der Waals surface area contributed by atoms with Crippen molar-refractivity contribution in [1.29, 1.82) is 0 Å².